The van der Waals surface area contributed by atoms with Crippen molar-refractivity contribution in [3.63, 3.8) is 0 Å². The highest BCUT2D eigenvalue weighted by Gasteiger charge is 2.28. The molecule has 0 atom stereocenters. The second-order valence-corrected chi connectivity index (χ2v) is 13.1. The van der Waals surface area contributed by atoms with E-state index in [9.17, 15) is 4.79 Å². The second kappa shape index (κ2) is 13.6. The fourth-order valence-electron chi connectivity index (χ4n) is 6.91. The Balaban J connectivity index is 1.29. The number of nitrogens with zero attached hydrogens (tertiary/aromatic N) is 6. The zero-order chi connectivity index (χ0) is 30.7. The molecule has 1 aromatic heterocycles. The number of aromatic nitrogens is 2. The number of carbonyl (C=O) groups is 1. The van der Waals surface area contributed by atoms with E-state index in [0.717, 1.165) is 50.0 Å². The van der Waals surface area contributed by atoms with Crippen LogP contribution in [0.25, 0.3) is 5.57 Å². The van der Waals surface area contributed by atoms with Gasteiger partial charge in [0, 0.05) is 68.8 Å². The number of primary amides is 1. The zero-order valence-corrected chi connectivity index (χ0v) is 26.8. The molecular weight excluding hydrogens is 538 g/mol. The van der Waals surface area contributed by atoms with Gasteiger partial charge in [0.25, 0.3) is 5.91 Å². The molecule has 1 aromatic carbocycles. The summed E-state index contributed by atoms with van der Waals surface area (Å²) < 4.78 is 0. The zero-order valence-electron chi connectivity index (χ0n) is 26.8. The first-order valence-corrected chi connectivity index (χ1v) is 15.9. The van der Waals surface area contributed by atoms with E-state index in [-0.39, 0.29) is 11.7 Å². The molecule has 3 aliphatic rings. The van der Waals surface area contributed by atoms with E-state index in [1.165, 1.54) is 50.3 Å². The van der Waals surface area contributed by atoms with Crippen LogP contribution >= 0.6 is 0 Å². The minimum Gasteiger partial charge on any atom is -0.371 e. The Morgan fingerprint density at radius 1 is 0.953 bits per heavy atom. The Labute approximate surface area is 257 Å². The molecule has 10 nitrogen and oxygen atoms in total. The summed E-state index contributed by atoms with van der Waals surface area (Å²) in [7, 11) is 6.51. The van der Waals surface area contributed by atoms with Crippen molar-refractivity contribution in [2.45, 2.75) is 70.5 Å². The van der Waals surface area contributed by atoms with Crippen molar-refractivity contribution < 1.29 is 4.79 Å². The van der Waals surface area contributed by atoms with Gasteiger partial charge in [-0.3, -0.25) is 9.69 Å². The van der Waals surface area contributed by atoms with Crippen LogP contribution in [-0.4, -0.2) is 109 Å². The summed E-state index contributed by atoms with van der Waals surface area (Å²) in [5, 5.41) is 6.98. The fourth-order valence-corrected chi connectivity index (χ4v) is 6.91. The molecule has 0 spiro atoms. The molecule has 3 heterocycles. The van der Waals surface area contributed by atoms with Crippen LogP contribution in [0, 0.1) is 6.92 Å². The average Bonchev–Trinajstić information content (AvgIpc) is 2.98. The molecule has 10 heteroatoms. The SMILES string of the molecule is C=C(C)c1nc(C(N)=O)c(Nc2ccc(N3CCC(N4CCN(C)CC4)CC3)c(C)c2)nc1NC1CCC(N(C)C)CC1. The number of nitrogens with two attached hydrogens (primary N) is 1. The van der Waals surface area contributed by atoms with Crippen LogP contribution < -0.4 is 21.3 Å². The lowest BCUT2D eigenvalue weighted by Gasteiger charge is -2.43. The topological polar surface area (TPSA) is 106 Å². The van der Waals surface area contributed by atoms with Gasteiger partial charge in [-0.2, -0.15) is 0 Å². The molecule has 1 saturated carbocycles. The Morgan fingerprint density at radius 2 is 1.63 bits per heavy atom. The van der Waals surface area contributed by atoms with Crippen LogP contribution in [-0.2, 0) is 0 Å². The van der Waals surface area contributed by atoms with E-state index in [4.69, 9.17) is 10.7 Å². The van der Waals surface area contributed by atoms with E-state index in [1.807, 2.05) is 6.92 Å². The van der Waals surface area contributed by atoms with E-state index >= 15 is 0 Å². The highest BCUT2D eigenvalue weighted by molar-refractivity contribution is 5.97. The number of allylic oxidation sites excluding steroid dienone is 1. The standard InChI is InChI=1S/C33H51N9O/c1-22(2)29-32(35-24-7-10-26(11-8-24)39(4)5)38-33(30(37-29)31(34)43)36-25-9-12-28(23(3)21-25)42-15-13-27(14-16-42)41-19-17-40(6)18-20-41/h9,12,21,24,26-27H,1,7-8,10-11,13-20H2,2-6H3,(H2,34,43)(H2,35,36,38). The normalized spacial score (nSPS) is 22.5. The van der Waals surface area contributed by atoms with Crippen LogP contribution in [0.5, 0.6) is 0 Å². The average molecular weight is 590 g/mol. The Morgan fingerprint density at radius 3 is 2.21 bits per heavy atom. The van der Waals surface area contributed by atoms with E-state index < -0.39 is 5.91 Å². The van der Waals surface area contributed by atoms with Gasteiger partial charge in [-0.15, -0.1) is 0 Å². The van der Waals surface area contributed by atoms with Crippen molar-refractivity contribution in [2.75, 3.05) is 75.9 Å². The number of carbonyl (C=O) groups excluding carboxylic acids is 1. The molecule has 3 fully saturated rings. The maximum atomic E-state index is 12.5. The molecule has 4 N–H and O–H groups in total. The van der Waals surface area contributed by atoms with Crippen molar-refractivity contribution in [3.05, 3.63) is 41.7 Å². The number of nitrogens with one attached hydrogen (secondary N) is 2. The van der Waals surface area contributed by atoms with Gasteiger partial charge in [0.1, 0.15) is 5.69 Å². The summed E-state index contributed by atoms with van der Waals surface area (Å²) in [5.74, 6) is 0.388. The van der Waals surface area contributed by atoms with Crippen LogP contribution in [0.4, 0.5) is 23.0 Å². The number of piperidine rings is 1. The molecule has 2 saturated heterocycles. The number of aryl methyl sites for hydroxylation is 1. The van der Waals surface area contributed by atoms with Crippen LogP contribution in [0.15, 0.2) is 24.8 Å². The third kappa shape index (κ3) is 7.48. The number of hydrogen-bond acceptors (Lipinski definition) is 9. The molecule has 0 radical (unpaired) electrons. The van der Waals surface area contributed by atoms with E-state index in [2.05, 4.69) is 88.1 Å². The smallest absolute Gasteiger partial charge is 0.271 e. The lowest BCUT2D eigenvalue weighted by Crippen LogP contribution is -2.52. The molecule has 0 bridgehead atoms. The first-order chi connectivity index (χ1) is 20.6. The number of hydrogen-bond donors (Lipinski definition) is 3. The fraction of sp³-hybridized carbons (Fsp3) is 0.606. The minimum atomic E-state index is -0.618. The van der Waals surface area contributed by atoms with Crippen LogP contribution in [0.3, 0.4) is 0 Å². The predicted octanol–water partition coefficient (Wildman–Crippen LogP) is 4.16. The van der Waals surface area contributed by atoms with E-state index in [1.54, 1.807) is 0 Å². The highest BCUT2D eigenvalue weighted by atomic mass is 16.1. The van der Waals surface area contributed by atoms with Crippen molar-refractivity contribution >= 4 is 34.5 Å². The van der Waals surface area contributed by atoms with Crippen molar-refractivity contribution in [3.8, 4) is 0 Å². The van der Waals surface area contributed by atoms with Gasteiger partial charge in [-0.05, 0) is 103 Å². The summed E-state index contributed by atoms with van der Waals surface area (Å²) in [6, 6.07) is 7.94. The molecule has 2 aliphatic heterocycles. The Bertz CT molecular complexity index is 1290. The molecule has 234 valence electrons. The van der Waals surface area contributed by atoms with Gasteiger partial charge in [-0.25, -0.2) is 9.97 Å². The molecule has 43 heavy (non-hydrogen) atoms. The molecule has 0 unspecified atom stereocenters. The number of rotatable bonds is 9. The van der Waals surface area contributed by atoms with E-state index in [0.29, 0.717) is 29.4 Å². The second-order valence-electron chi connectivity index (χ2n) is 13.1. The molecule has 5 rings (SSSR count). The summed E-state index contributed by atoms with van der Waals surface area (Å²) in [5.41, 5.74) is 10.5. The third-order valence-electron chi connectivity index (χ3n) is 9.62. The van der Waals surface area contributed by atoms with Crippen molar-refractivity contribution in [2.24, 2.45) is 5.73 Å². The van der Waals surface area contributed by atoms with Crippen LogP contribution in [0.1, 0.15) is 67.2 Å². The maximum absolute atomic E-state index is 12.5. The Kier molecular flexibility index (Phi) is 9.88. The quantitative estimate of drug-likeness (QED) is 0.398. The summed E-state index contributed by atoms with van der Waals surface area (Å²) in [6.45, 7) is 15.0. The van der Waals surface area contributed by atoms with Gasteiger partial charge in [0.15, 0.2) is 17.3 Å². The number of benzene rings is 1. The van der Waals surface area contributed by atoms with Gasteiger partial charge in [-0.1, -0.05) is 6.58 Å². The van der Waals surface area contributed by atoms with Gasteiger partial charge >= 0.3 is 0 Å². The third-order valence-corrected chi connectivity index (χ3v) is 9.62. The lowest BCUT2D eigenvalue weighted by atomic mass is 9.90. The first kappa shape index (κ1) is 31.2. The Hall–Kier alpha value is -3.21. The largest absolute Gasteiger partial charge is 0.371 e. The predicted molar refractivity (Wildman–Crippen MR) is 177 cm³/mol. The summed E-state index contributed by atoms with van der Waals surface area (Å²) >= 11 is 0. The number of likely N-dealkylation sites (N-methyl/N-ethyl adjacent to an activating group) is 1. The lowest BCUT2D eigenvalue weighted by molar-refractivity contribution is 0.0982. The summed E-state index contributed by atoms with van der Waals surface area (Å²) in [6.07, 6.45) is 6.75. The number of amides is 1. The molecule has 1 amide bonds. The monoisotopic (exact) mass is 589 g/mol. The molecule has 1 aliphatic carbocycles. The van der Waals surface area contributed by atoms with Crippen molar-refractivity contribution in [1.29, 1.82) is 0 Å². The van der Waals surface area contributed by atoms with Crippen LogP contribution in [0.2, 0.25) is 0 Å². The number of piperazine rings is 1. The summed E-state index contributed by atoms with van der Waals surface area (Å²) in [4.78, 5) is 31.9. The molecular formula is C33H51N9O. The van der Waals surface area contributed by atoms with Gasteiger partial charge in [0.05, 0.1) is 0 Å². The van der Waals surface area contributed by atoms with Gasteiger partial charge < -0.3 is 31.1 Å². The van der Waals surface area contributed by atoms with Crippen molar-refractivity contribution in [1.82, 2.24) is 24.7 Å². The molecule has 2 aromatic rings. The highest BCUT2D eigenvalue weighted by Crippen LogP contribution is 2.32. The first-order valence-electron chi connectivity index (χ1n) is 15.9. The van der Waals surface area contributed by atoms with Gasteiger partial charge in [0.2, 0.25) is 0 Å². The minimum absolute atomic E-state index is 0.118. The maximum Gasteiger partial charge on any atom is 0.271 e. The number of anilines is 4.